The van der Waals surface area contributed by atoms with Crippen molar-refractivity contribution in [3.8, 4) is 0 Å². The molecule has 0 aromatic heterocycles. The molecule has 5 rings (SSSR count). The predicted octanol–water partition coefficient (Wildman–Crippen LogP) is 4.48. The number of likely N-dealkylation sites (tertiary alicyclic amines) is 1. The van der Waals surface area contributed by atoms with Crippen molar-refractivity contribution in [2.75, 3.05) is 19.6 Å². The standard InChI is InChI=1S/C22H32N2/c1-2-5-21(20(4-1)17-7-8-17)22-6-3-13-24(22)19-14-18(15-19)16-9-11-23-12-10-16/h1-2,4-5,16-19,22-23H,3,6-15H2. The molecule has 4 aliphatic rings. The van der Waals surface area contributed by atoms with Gasteiger partial charge in [0.1, 0.15) is 0 Å². The van der Waals surface area contributed by atoms with E-state index in [1.54, 1.807) is 11.1 Å². The van der Waals surface area contributed by atoms with Crippen molar-refractivity contribution < 1.29 is 0 Å². The van der Waals surface area contributed by atoms with Crippen LogP contribution in [0.25, 0.3) is 0 Å². The lowest BCUT2D eigenvalue weighted by atomic mass is 9.68. The summed E-state index contributed by atoms with van der Waals surface area (Å²) >= 11 is 0. The molecular weight excluding hydrogens is 292 g/mol. The summed E-state index contributed by atoms with van der Waals surface area (Å²) in [6, 6.07) is 11.0. The fourth-order valence-electron chi connectivity index (χ4n) is 5.74. The van der Waals surface area contributed by atoms with Crippen molar-refractivity contribution in [3.05, 3.63) is 35.4 Å². The van der Waals surface area contributed by atoms with E-state index in [9.17, 15) is 0 Å². The first-order valence-corrected chi connectivity index (χ1v) is 10.5. The highest BCUT2D eigenvalue weighted by molar-refractivity contribution is 5.36. The summed E-state index contributed by atoms with van der Waals surface area (Å²) in [5, 5.41) is 3.52. The molecule has 2 aliphatic heterocycles. The van der Waals surface area contributed by atoms with E-state index >= 15 is 0 Å². The second-order valence-corrected chi connectivity index (χ2v) is 8.77. The molecule has 2 nitrogen and oxygen atoms in total. The van der Waals surface area contributed by atoms with Crippen molar-refractivity contribution in [2.24, 2.45) is 11.8 Å². The Kier molecular flexibility index (Phi) is 4.14. The van der Waals surface area contributed by atoms with Gasteiger partial charge in [0.2, 0.25) is 0 Å². The molecule has 0 amide bonds. The predicted molar refractivity (Wildman–Crippen MR) is 99.2 cm³/mol. The minimum absolute atomic E-state index is 0.723. The Balaban J connectivity index is 1.27. The van der Waals surface area contributed by atoms with Gasteiger partial charge in [-0.2, -0.15) is 0 Å². The van der Waals surface area contributed by atoms with Crippen LogP contribution in [0.3, 0.4) is 0 Å². The summed E-state index contributed by atoms with van der Waals surface area (Å²) in [7, 11) is 0. The summed E-state index contributed by atoms with van der Waals surface area (Å²) in [6.45, 7) is 3.85. The number of nitrogens with one attached hydrogen (secondary N) is 1. The van der Waals surface area contributed by atoms with Gasteiger partial charge >= 0.3 is 0 Å². The third-order valence-corrected chi connectivity index (χ3v) is 7.34. The first-order valence-electron chi connectivity index (χ1n) is 10.5. The van der Waals surface area contributed by atoms with Crippen molar-refractivity contribution in [1.82, 2.24) is 10.2 Å². The molecule has 0 radical (unpaired) electrons. The Morgan fingerprint density at radius 3 is 2.33 bits per heavy atom. The first kappa shape index (κ1) is 15.4. The van der Waals surface area contributed by atoms with E-state index in [0.717, 1.165) is 29.8 Å². The average Bonchev–Trinajstić information content (AvgIpc) is 3.33. The number of nitrogens with zero attached hydrogens (tertiary/aromatic N) is 1. The molecule has 1 N–H and O–H groups in total. The summed E-state index contributed by atoms with van der Waals surface area (Å²) in [5.74, 6) is 2.92. The highest BCUT2D eigenvalue weighted by Crippen LogP contribution is 2.49. The van der Waals surface area contributed by atoms with E-state index in [0.29, 0.717) is 0 Å². The van der Waals surface area contributed by atoms with Crippen molar-refractivity contribution in [1.29, 1.82) is 0 Å². The van der Waals surface area contributed by atoms with Crippen LogP contribution in [0, 0.1) is 11.8 Å². The highest BCUT2D eigenvalue weighted by Gasteiger charge is 2.43. The fraction of sp³-hybridized carbons (Fsp3) is 0.727. The molecule has 2 aliphatic carbocycles. The highest BCUT2D eigenvalue weighted by atomic mass is 15.2. The molecule has 1 atom stereocenters. The molecule has 1 aromatic carbocycles. The van der Waals surface area contributed by atoms with Crippen LogP contribution in [0.5, 0.6) is 0 Å². The molecule has 2 heteroatoms. The zero-order chi connectivity index (χ0) is 15.9. The first-order chi connectivity index (χ1) is 11.9. The molecule has 1 unspecified atom stereocenters. The molecule has 130 valence electrons. The lowest BCUT2D eigenvalue weighted by Gasteiger charge is -2.48. The van der Waals surface area contributed by atoms with Gasteiger partial charge in [0.25, 0.3) is 0 Å². The van der Waals surface area contributed by atoms with Crippen LogP contribution in [0.4, 0.5) is 0 Å². The van der Waals surface area contributed by atoms with Crippen LogP contribution in [0.2, 0.25) is 0 Å². The monoisotopic (exact) mass is 324 g/mol. The van der Waals surface area contributed by atoms with Gasteiger partial charge in [0.15, 0.2) is 0 Å². The largest absolute Gasteiger partial charge is 0.317 e. The minimum atomic E-state index is 0.723. The zero-order valence-corrected chi connectivity index (χ0v) is 14.9. The Hall–Kier alpha value is -0.860. The number of piperidine rings is 1. The second kappa shape index (κ2) is 6.46. The van der Waals surface area contributed by atoms with Gasteiger partial charge in [0.05, 0.1) is 0 Å². The Morgan fingerprint density at radius 2 is 1.58 bits per heavy atom. The van der Waals surface area contributed by atoms with E-state index in [1.807, 2.05) is 0 Å². The molecule has 2 saturated heterocycles. The van der Waals surface area contributed by atoms with Crippen LogP contribution in [0.1, 0.15) is 74.5 Å². The Bertz CT molecular complexity index is 567. The summed E-state index contributed by atoms with van der Waals surface area (Å²) < 4.78 is 0. The summed E-state index contributed by atoms with van der Waals surface area (Å²) in [6.07, 6.45) is 11.4. The van der Waals surface area contributed by atoms with E-state index in [1.165, 1.54) is 71.0 Å². The maximum Gasteiger partial charge on any atom is 0.0354 e. The Morgan fingerprint density at radius 1 is 0.833 bits per heavy atom. The van der Waals surface area contributed by atoms with Gasteiger partial charge < -0.3 is 5.32 Å². The van der Waals surface area contributed by atoms with E-state index in [2.05, 4.69) is 34.5 Å². The molecule has 2 saturated carbocycles. The van der Waals surface area contributed by atoms with E-state index in [-0.39, 0.29) is 0 Å². The summed E-state index contributed by atoms with van der Waals surface area (Å²) in [4.78, 5) is 2.90. The van der Waals surface area contributed by atoms with Crippen LogP contribution < -0.4 is 5.32 Å². The second-order valence-electron chi connectivity index (χ2n) is 8.77. The lowest BCUT2D eigenvalue weighted by Crippen LogP contribution is -2.48. The van der Waals surface area contributed by atoms with Gasteiger partial charge in [-0.15, -0.1) is 0 Å². The van der Waals surface area contributed by atoms with Crippen LogP contribution >= 0.6 is 0 Å². The zero-order valence-electron chi connectivity index (χ0n) is 14.9. The summed E-state index contributed by atoms with van der Waals surface area (Å²) in [5.41, 5.74) is 3.37. The number of rotatable bonds is 4. The SMILES string of the molecule is c1ccc(C2CCCN2C2CC(C3CCNCC3)C2)c(C2CC2)c1. The molecule has 24 heavy (non-hydrogen) atoms. The van der Waals surface area contributed by atoms with Gasteiger partial charge in [-0.05, 0) is 99.9 Å². The Labute approximate surface area is 147 Å². The van der Waals surface area contributed by atoms with Crippen molar-refractivity contribution >= 4 is 0 Å². The van der Waals surface area contributed by atoms with Crippen LogP contribution in [-0.2, 0) is 0 Å². The minimum Gasteiger partial charge on any atom is -0.317 e. The maximum absolute atomic E-state index is 3.52. The van der Waals surface area contributed by atoms with Gasteiger partial charge in [-0.3, -0.25) is 4.90 Å². The number of hydrogen-bond donors (Lipinski definition) is 1. The molecule has 1 aromatic rings. The van der Waals surface area contributed by atoms with Gasteiger partial charge in [0, 0.05) is 12.1 Å². The smallest absolute Gasteiger partial charge is 0.0354 e. The van der Waals surface area contributed by atoms with Gasteiger partial charge in [-0.25, -0.2) is 0 Å². The lowest BCUT2D eigenvalue weighted by molar-refractivity contribution is 0.0299. The third kappa shape index (κ3) is 2.82. The van der Waals surface area contributed by atoms with E-state index in [4.69, 9.17) is 0 Å². The van der Waals surface area contributed by atoms with Crippen LogP contribution in [-0.4, -0.2) is 30.6 Å². The number of hydrogen-bond acceptors (Lipinski definition) is 2. The fourth-order valence-corrected chi connectivity index (χ4v) is 5.74. The average molecular weight is 325 g/mol. The third-order valence-electron chi connectivity index (χ3n) is 7.34. The topological polar surface area (TPSA) is 15.3 Å². The molecule has 0 bridgehead atoms. The quantitative estimate of drug-likeness (QED) is 0.878. The van der Waals surface area contributed by atoms with Crippen molar-refractivity contribution in [2.45, 2.75) is 69.4 Å². The molecule has 4 fully saturated rings. The maximum atomic E-state index is 3.52. The normalized spacial score (nSPS) is 35.1. The molecule has 2 heterocycles. The van der Waals surface area contributed by atoms with Crippen molar-refractivity contribution in [3.63, 3.8) is 0 Å². The molecular formula is C22H32N2. The van der Waals surface area contributed by atoms with Crippen LogP contribution in [0.15, 0.2) is 24.3 Å². The number of benzene rings is 1. The van der Waals surface area contributed by atoms with Gasteiger partial charge in [-0.1, -0.05) is 24.3 Å². The molecule has 0 spiro atoms. The van der Waals surface area contributed by atoms with E-state index < -0.39 is 0 Å².